The van der Waals surface area contributed by atoms with Crippen LogP contribution in [0.1, 0.15) is 6.92 Å². The van der Waals surface area contributed by atoms with E-state index in [0.29, 0.717) is 11.4 Å². The van der Waals surface area contributed by atoms with Crippen LogP contribution in [0.2, 0.25) is 0 Å². The summed E-state index contributed by atoms with van der Waals surface area (Å²) < 4.78 is 10.1. The summed E-state index contributed by atoms with van der Waals surface area (Å²) >= 11 is 1.39. The molecule has 0 aromatic heterocycles. The van der Waals surface area contributed by atoms with Gasteiger partial charge in [0.25, 0.3) is 5.91 Å². The van der Waals surface area contributed by atoms with Crippen LogP contribution in [-0.4, -0.2) is 30.8 Å². The van der Waals surface area contributed by atoms with Gasteiger partial charge in [-0.3, -0.25) is 9.59 Å². The van der Waals surface area contributed by atoms with Crippen molar-refractivity contribution in [1.29, 1.82) is 0 Å². The Morgan fingerprint density at radius 2 is 1.75 bits per heavy atom. The van der Waals surface area contributed by atoms with Crippen molar-refractivity contribution in [1.82, 2.24) is 0 Å². The van der Waals surface area contributed by atoms with E-state index in [9.17, 15) is 9.59 Å². The molecule has 2 aromatic carbocycles. The molecule has 0 radical (unpaired) electrons. The number of thioether (sulfide) groups is 1. The lowest BCUT2D eigenvalue weighted by Gasteiger charge is -2.11. The largest absolute Gasteiger partial charge is 0.497 e. The maximum atomic E-state index is 11.9. The van der Waals surface area contributed by atoms with E-state index >= 15 is 0 Å². The summed E-state index contributed by atoms with van der Waals surface area (Å²) in [7, 11) is 1.57. The Morgan fingerprint density at radius 1 is 1.08 bits per heavy atom. The van der Waals surface area contributed by atoms with Gasteiger partial charge in [0.05, 0.1) is 7.11 Å². The average Bonchev–Trinajstić information content (AvgIpc) is 2.61. The van der Waals surface area contributed by atoms with Crippen molar-refractivity contribution in [2.75, 3.05) is 19.0 Å². The van der Waals surface area contributed by atoms with E-state index in [0.717, 1.165) is 4.90 Å². The molecule has 0 bridgehead atoms. The van der Waals surface area contributed by atoms with E-state index < -0.39 is 5.97 Å². The first kappa shape index (κ1) is 17.9. The third kappa shape index (κ3) is 5.62. The Kier molecular flexibility index (Phi) is 6.69. The number of rotatable bonds is 7. The van der Waals surface area contributed by atoms with Crippen LogP contribution in [0.3, 0.4) is 0 Å². The molecule has 0 saturated carbocycles. The molecule has 0 spiro atoms. The molecule has 0 unspecified atom stereocenters. The van der Waals surface area contributed by atoms with Crippen molar-refractivity contribution in [3.8, 4) is 5.75 Å². The second kappa shape index (κ2) is 8.98. The maximum Gasteiger partial charge on any atom is 0.319 e. The van der Waals surface area contributed by atoms with Crippen molar-refractivity contribution in [2.24, 2.45) is 0 Å². The van der Waals surface area contributed by atoms with Gasteiger partial charge in [0.15, 0.2) is 6.61 Å². The molecule has 0 fully saturated rings. The number of benzene rings is 2. The Balaban J connectivity index is 1.76. The van der Waals surface area contributed by atoms with Gasteiger partial charge in [-0.1, -0.05) is 18.2 Å². The highest BCUT2D eigenvalue weighted by molar-refractivity contribution is 8.00. The highest BCUT2D eigenvalue weighted by Gasteiger charge is 2.17. The monoisotopic (exact) mass is 345 g/mol. The van der Waals surface area contributed by atoms with Gasteiger partial charge in [-0.15, -0.1) is 11.8 Å². The van der Waals surface area contributed by atoms with Crippen LogP contribution in [0.25, 0.3) is 0 Å². The van der Waals surface area contributed by atoms with Gasteiger partial charge in [0.2, 0.25) is 0 Å². The highest BCUT2D eigenvalue weighted by Crippen LogP contribution is 2.23. The lowest BCUT2D eigenvalue weighted by Crippen LogP contribution is -2.24. The van der Waals surface area contributed by atoms with E-state index in [1.807, 2.05) is 30.3 Å². The fourth-order valence-corrected chi connectivity index (χ4v) is 2.76. The molecular formula is C18H19NO4S. The molecule has 0 aliphatic rings. The average molecular weight is 345 g/mol. The third-order valence-corrected chi connectivity index (χ3v) is 4.20. The lowest BCUT2D eigenvalue weighted by atomic mass is 10.3. The van der Waals surface area contributed by atoms with E-state index in [-0.39, 0.29) is 17.8 Å². The predicted molar refractivity (Wildman–Crippen MR) is 94.3 cm³/mol. The van der Waals surface area contributed by atoms with Crippen LogP contribution in [0.15, 0.2) is 59.5 Å². The molecular weight excluding hydrogens is 326 g/mol. The van der Waals surface area contributed by atoms with E-state index in [1.165, 1.54) is 11.8 Å². The molecule has 0 aliphatic heterocycles. The fraction of sp³-hybridized carbons (Fsp3) is 0.222. The molecule has 1 N–H and O–H groups in total. The van der Waals surface area contributed by atoms with Crippen molar-refractivity contribution in [3.05, 3.63) is 54.6 Å². The second-order valence-corrected chi connectivity index (χ2v) is 6.37. The SMILES string of the molecule is COc1ccc(NC(=O)COC(=O)[C@H](C)Sc2ccccc2)cc1. The highest BCUT2D eigenvalue weighted by atomic mass is 32.2. The Bertz CT molecular complexity index is 673. The molecule has 2 aromatic rings. The minimum absolute atomic E-state index is 0.315. The van der Waals surface area contributed by atoms with Crippen LogP contribution in [0.4, 0.5) is 5.69 Å². The first-order chi connectivity index (χ1) is 11.6. The van der Waals surface area contributed by atoms with Crippen LogP contribution < -0.4 is 10.1 Å². The molecule has 2 rings (SSSR count). The maximum absolute atomic E-state index is 11.9. The number of methoxy groups -OCH3 is 1. The lowest BCUT2D eigenvalue weighted by molar-refractivity contribution is -0.146. The van der Waals surface area contributed by atoms with Gasteiger partial charge in [0.1, 0.15) is 11.0 Å². The molecule has 0 heterocycles. The normalized spacial score (nSPS) is 11.4. The molecule has 5 nitrogen and oxygen atoms in total. The van der Waals surface area contributed by atoms with Gasteiger partial charge in [-0.05, 0) is 43.3 Å². The molecule has 6 heteroatoms. The molecule has 1 amide bonds. The van der Waals surface area contributed by atoms with Crippen molar-refractivity contribution in [3.63, 3.8) is 0 Å². The van der Waals surface area contributed by atoms with Gasteiger partial charge < -0.3 is 14.8 Å². The van der Waals surface area contributed by atoms with E-state index in [2.05, 4.69) is 5.32 Å². The number of carbonyl (C=O) groups is 2. The second-order valence-electron chi connectivity index (χ2n) is 4.96. The smallest absolute Gasteiger partial charge is 0.319 e. The van der Waals surface area contributed by atoms with Gasteiger partial charge in [-0.2, -0.15) is 0 Å². The van der Waals surface area contributed by atoms with E-state index in [1.54, 1.807) is 38.3 Å². The van der Waals surface area contributed by atoms with Crippen LogP contribution in [0.5, 0.6) is 5.75 Å². The number of nitrogens with one attached hydrogen (secondary N) is 1. The zero-order chi connectivity index (χ0) is 17.4. The van der Waals surface area contributed by atoms with E-state index in [4.69, 9.17) is 9.47 Å². The van der Waals surface area contributed by atoms with Crippen LogP contribution >= 0.6 is 11.8 Å². The predicted octanol–water partition coefficient (Wildman–Crippen LogP) is 3.36. The number of carbonyl (C=O) groups excluding carboxylic acids is 2. The first-order valence-electron chi connectivity index (χ1n) is 7.40. The Labute approximate surface area is 145 Å². The summed E-state index contributed by atoms with van der Waals surface area (Å²) in [4.78, 5) is 24.8. The van der Waals surface area contributed by atoms with Crippen LogP contribution in [0, 0.1) is 0 Å². The number of esters is 1. The minimum atomic E-state index is -0.422. The molecule has 126 valence electrons. The van der Waals surface area contributed by atoms with Gasteiger partial charge >= 0.3 is 5.97 Å². The van der Waals surface area contributed by atoms with Crippen molar-refractivity contribution in [2.45, 2.75) is 17.1 Å². The minimum Gasteiger partial charge on any atom is -0.497 e. The summed E-state index contributed by atoms with van der Waals surface area (Å²) in [6.45, 7) is 1.44. The van der Waals surface area contributed by atoms with Gasteiger partial charge in [-0.25, -0.2) is 0 Å². The summed E-state index contributed by atoms with van der Waals surface area (Å²) in [5.74, 6) is -0.106. The van der Waals surface area contributed by atoms with Crippen molar-refractivity contribution < 1.29 is 19.1 Å². The first-order valence-corrected chi connectivity index (χ1v) is 8.28. The zero-order valence-electron chi connectivity index (χ0n) is 13.5. The number of hydrogen-bond acceptors (Lipinski definition) is 5. The number of amides is 1. The summed E-state index contributed by atoms with van der Waals surface area (Å²) in [5.41, 5.74) is 0.614. The van der Waals surface area contributed by atoms with Crippen molar-refractivity contribution >= 4 is 29.3 Å². The quantitative estimate of drug-likeness (QED) is 0.616. The topological polar surface area (TPSA) is 64.6 Å². The third-order valence-electron chi connectivity index (χ3n) is 3.11. The Hall–Kier alpha value is -2.47. The number of hydrogen-bond donors (Lipinski definition) is 1. The summed E-state index contributed by atoms with van der Waals surface area (Å²) in [6, 6.07) is 16.5. The molecule has 0 aliphatic carbocycles. The van der Waals surface area contributed by atoms with Gasteiger partial charge in [0, 0.05) is 10.6 Å². The number of ether oxygens (including phenoxy) is 2. The standard InChI is InChI=1S/C18H19NO4S/c1-13(24-16-6-4-3-5-7-16)18(21)23-12-17(20)19-14-8-10-15(22-2)11-9-14/h3-11,13H,12H2,1-2H3,(H,19,20)/t13-/m0/s1. The molecule has 24 heavy (non-hydrogen) atoms. The summed E-state index contributed by atoms with van der Waals surface area (Å²) in [6.07, 6.45) is 0. The number of anilines is 1. The Morgan fingerprint density at radius 3 is 2.38 bits per heavy atom. The molecule has 1 atom stereocenters. The summed E-state index contributed by atoms with van der Waals surface area (Å²) in [5, 5.41) is 2.27. The fourth-order valence-electron chi connectivity index (χ4n) is 1.88. The van der Waals surface area contributed by atoms with Crippen LogP contribution in [-0.2, 0) is 14.3 Å². The molecule has 0 saturated heterocycles. The zero-order valence-corrected chi connectivity index (χ0v) is 14.3.